The molecule has 0 amide bonds. The van der Waals surface area contributed by atoms with Crippen LogP contribution in [0.15, 0.2) is 127 Å². The van der Waals surface area contributed by atoms with E-state index in [-0.39, 0.29) is 0 Å². The Morgan fingerprint density at radius 1 is 0.333 bits per heavy atom. The fourth-order valence-corrected chi connectivity index (χ4v) is 3.89. The van der Waals surface area contributed by atoms with Gasteiger partial charge in [0.25, 0.3) is 0 Å². The standard InChI is InChI=1S/C29H21N/c1-4-12-22(13-5-1)25-18-10-19-26(29(25)24-16-8-3-9-17-24)28-21-11-20-27(30-28)23-14-6-2-7-15-23/h1-21H. The van der Waals surface area contributed by atoms with E-state index in [2.05, 4.69) is 121 Å². The summed E-state index contributed by atoms with van der Waals surface area (Å²) in [7, 11) is 0. The van der Waals surface area contributed by atoms with Crippen LogP contribution in [0, 0.1) is 0 Å². The number of hydrogen-bond donors (Lipinski definition) is 0. The van der Waals surface area contributed by atoms with Crippen LogP contribution >= 0.6 is 0 Å². The highest BCUT2D eigenvalue weighted by atomic mass is 14.7. The monoisotopic (exact) mass is 383 g/mol. The van der Waals surface area contributed by atoms with Crippen molar-refractivity contribution in [1.82, 2.24) is 4.98 Å². The average Bonchev–Trinajstić information content (AvgIpc) is 2.85. The molecule has 0 radical (unpaired) electrons. The van der Waals surface area contributed by atoms with Gasteiger partial charge in [0.05, 0.1) is 11.4 Å². The minimum atomic E-state index is 0.980. The fourth-order valence-electron chi connectivity index (χ4n) is 3.89. The molecule has 0 aliphatic heterocycles. The molecule has 1 aromatic heterocycles. The van der Waals surface area contributed by atoms with Crippen LogP contribution in [-0.4, -0.2) is 4.98 Å². The number of rotatable bonds is 4. The molecule has 0 bridgehead atoms. The second-order valence-corrected chi connectivity index (χ2v) is 7.23. The maximum absolute atomic E-state index is 5.03. The Labute approximate surface area is 177 Å². The fraction of sp³-hybridized carbons (Fsp3) is 0. The van der Waals surface area contributed by atoms with E-state index in [1.807, 2.05) is 6.07 Å². The maximum Gasteiger partial charge on any atom is 0.0715 e. The smallest absolute Gasteiger partial charge is 0.0715 e. The van der Waals surface area contributed by atoms with Crippen molar-refractivity contribution in [2.45, 2.75) is 0 Å². The maximum atomic E-state index is 5.03. The Hall–Kier alpha value is -3.97. The first-order valence-corrected chi connectivity index (χ1v) is 10.2. The molecule has 0 saturated heterocycles. The van der Waals surface area contributed by atoms with Gasteiger partial charge in [0.2, 0.25) is 0 Å². The van der Waals surface area contributed by atoms with E-state index >= 15 is 0 Å². The summed E-state index contributed by atoms with van der Waals surface area (Å²) in [5.41, 5.74) is 9.05. The van der Waals surface area contributed by atoms with Crippen molar-refractivity contribution in [2.24, 2.45) is 0 Å². The zero-order chi connectivity index (χ0) is 20.2. The molecule has 0 fully saturated rings. The third kappa shape index (κ3) is 3.54. The van der Waals surface area contributed by atoms with E-state index in [0.29, 0.717) is 0 Å². The molecule has 0 spiro atoms. The molecule has 0 aliphatic carbocycles. The minimum Gasteiger partial charge on any atom is -0.248 e. The summed E-state index contributed by atoms with van der Waals surface area (Å²) in [5.74, 6) is 0. The van der Waals surface area contributed by atoms with Gasteiger partial charge in [0, 0.05) is 11.1 Å². The van der Waals surface area contributed by atoms with Gasteiger partial charge in [-0.2, -0.15) is 0 Å². The number of aromatic nitrogens is 1. The van der Waals surface area contributed by atoms with Gasteiger partial charge in [-0.25, -0.2) is 4.98 Å². The van der Waals surface area contributed by atoms with Crippen LogP contribution in [0.3, 0.4) is 0 Å². The minimum absolute atomic E-state index is 0.980. The first-order valence-electron chi connectivity index (χ1n) is 10.2. The molecule has 1 heteroatoms. The zero-order valence-electron chi connectivity index (χ0n) is 16.6. The quantitative estimate of drug-likeness (QED) is 0.309. The zero-order valence-corrected chi connectivity index (χ0v) is 16.6. The Morgan fingerprint density at radius 3 is 1.50 bits per heavy atom. The SMILES string of the molecule is c1ccc(-c2cccc(-c3cccc(-c4ccccc4)c3-c3ccccc3)n2)cc1. The summed E-state index contributed by atoms with van der Waals surface area (Å²) in [5, 5.41) is 0. The molecule has 0 saturated carbocycles. The molecule has 0 atom stereocenters. The average molecular weight is 383 g/mol. The number of pyridine rings is 1. The second-order valence-electron chi connectivity index (χ2n) is 7.23. The van der Waals surface area contributed by atoms with Gasteiger partial charge in [-0.1, -0.05) is 115 Å². The van der Waals surface area contributed by atoms with Crippen molar-refractivity contribution in [3.63, 3.8) is 0 Å². The summed E-state index contributed by atoms with van der Waals surface area (Å²) in [6, 6.07) is 44.2. The molecule has 142 valence electrons. The molecular formula is C29H21N. The third-order valence-corrected chi connectivity index (χ3v) is 5.31. The lowest BCUT2D eigenvalue weighted by atomic mass is 9.89. The van der Waals surface area contributed by atoms with Crippen molar-refractivity contribution in [3.05, 3.63) is 127 Å². The van der Waals surface area contributed by atoms with Gasteiger partial charge < -0.3 is 0 Å². The number of hydrogen-bond acceptors (Lipinski definition) is 1. The Balaban J connectivity index is 1.74. The number of nitrogens with zero attached hydrogens (tertiary/aromatic N) is 1. The summed E-state index contributed by atoms with van der Waals surface area (Å²) in [6.07, 6.45) is 0. The van der Waals surface area contributed by atoms with Gasteiger partial charge in [-0.3, -0.25) is 0 Å². The van der Waals surface area contributed by atoms with Gasteiger partial charge in [0.15, 0.2) is 0 Å². The predicted molar refractivity (Wildman–Crippen MR) is 126 cm³/mol. The first-order chi connectivity index (χ1) is 14.9. The highest BCUT2D eigenvalue weighted by Crippen LogP contribution is 2.39. The Kier molecular flexibility index (Phi) is 4.93. The molecule has 30 heavy (non-hydrogen) atoms. The Bertz CT molecular complexity index is 1260. The second kappa shape index (κ2) is 8.18. The summed E-state index contributed by atoms with van der Waals surface area (Å²) in [6.45, 7) is 0. The summed E-state index contributed by atoms with van der Waals surface area (Å²) < 4.78 is 0. The van der Waals surface area contributed by atoms with Crippen LogP contribution in [0.5, 0.6) is 0 Å². The lowest BCUT2D eigenvalue weighted by molar-refractivity contribution is 1.32. The molecule has 1 nitrogen and oxygen atoms in total. The third-order valence-electron chi connectivity index (χ3n) is 5.31. The number of benzene rings is 4. The molecule has 5 rings (SSSR count). The van der Waals surface area contributed by atoms with Crippen molar-refractivity contribution in [3.8, 4) is 44.8 Å². The molecule has 5 aromatic rings. The van der Waals surface area contributed by atoms with Crippen LogP contribution in [0.25, 0.3) is 44.8 Å². The summed E-state index contributed by atoms with van der Waals surface area (Å²) in [4.78, 5) is 5.03. The summed E-state index contributed by atoms with van der Waals surface area (Å²) >= 11 is 0. The molecular weight excluding hydrogens is 362 g/mol. The lowest BCUT2D eigenvalue weighted by Gasteiger charge is -2.16. The first kappa shape index (κ1) is 18.1. The Morgan fingerprint density at radius 2 is 0.833 bits per heavy atom. The highest BCUT2D eigenvalue weighted by Gasteiger charge is 2.15. The highest BCUT2D eigenvalue weighted by molar-refractivity contribution is 5.93. The van der Waals surface area contributed by atoms with Crippen molar-refractivity contribution < 1.29 is 0 Å². The predicted octanol–water partition coefficient (Wildman–Crippen LogP) is 7.75. The van der Waals surface area contributed by atoms with Gasteiger partial charge in [-0.05, 0) is 34.4 Å². The van der Waals surface area contributed by atoms with Crippen molar-refractivity contribution in [1.29, 1.82) is 0 Å². The van der Waals surface area contributed by atoms with Crippen LogP contribution in [-0.2, 0) is 0 Å². The van der Waals surface area contributed by atoms with Gasteiger partial charge in [0.1, 0.15) is 0 Å². The van der Waals surface area contributed by atoms with Crippen LogP contribution in [0.2, 0.25) is 0 Å². The normalized spacial score (nSPS) is 10.7. The van der Waals surface area contributed by atoms with Crippen LogP contribution < -0.4 is 0 Å². The van der Waals surface area contributed by atoms with Crippen molar-refractivity contribution in [2.75, 3.05) is 0 Å². The van der Waals surface area contributed by atoms with E-state index in [1.165, 1.54) is 22.3 Å². The van der Waals surface area contributed by atoms with E-state index in [1.54, 1.807) is 0 Å². The van der Waals surface area contributed by atoms with E-state index in [0.717, 1.165) is 22.5 Å². The van der Waals surface area contributed by atoms with E-state index in [4.69, 9.17) is 4.98 Å². The van der Waals surface area contributed by atoms with Gasteiger partial charge in [-0.15, -0.1) is 0 Å². The van der Waals surface area contributed by atoms with Crippen LogP contribution in [0.4, 0.5) is 0 Å². The van der Waals surface area contributed by atoms with Crippen molar-refractivity contribution >= 4 is 0 Å². The van der Waals surface area contributed by atoms with Crippen LogP contribution in [0.1, 0.15) is 0 Å². The molecule has 4 aromatic carbocycles. The van der Waals surface area contributed by atoms with Gasteiger partial charge >= 0.3 is 0 Å². The van der Waals surface area contributed by atoms with E-state index < -0.39 is 0 Å². The molecule has 0 N–H and O–H groups in total. The molecule has 1 heterocycles. The molecule has 0 aliphatic rings. The topological polar surface area (TPSA) is 12.9 Å². The van der Waals surface area contributed by atoms with E-state index in [9.17, 15) is 0 Å². The lowest BCUT2D eigenvalue weighted by Crippen LogP contribution is -1.93. The largest absolute Gasteiger partial charge is 0.248 e. The molecule has 0 unspecified atom stereocenters.